The van der Waals surface area contributed by atoms with Gasteiger partial charge in [-0.2, -0.15) is 0 Å². The largest absolute Gasteiger partial charge is 0.380 e. The quantitative estimate of drug-likeness (QED) is 0.780. The molecule has 3 atom stereocenters. The maximum Gasteiger partial charge on any atom is 0.0619 e. The molecule has 0 spiro atoms. The Morgan fingerprint density at radius 1 is 1.25 bits per heavy atom. The van der Waals surface area contributed by atoms with Crippen molar-refractivity contribution in [1.29, 1.82) is 0 Å². The van der Waals surface area contributed by atoms with Crippen molar-refractivity contribution in [2.24, 2.45) is 11.3 Å². The van der Waals surface area contributed by atoms with Gasteiger partial charge in [0.05, 0.1) is 6.61 Å². The van der Waals surface area contributed by atoms with Gasteiger partial charge in [-0.3, -0.25) is 0 Å². The summed E-state index contributed by atoms with van der Waals surface area (Å²) in [6, 6.07) is 1.34. The molecule has 2 aliphatic rings. The van der Waals surface area contributed by atoms with Gasteiger partial charge in [-0.15, -0.1) is 0 Å². The fraction of sp³-hybridized carbons (Fsp3) is 1.00. The molecule has 1 saturated carbocycles. The molecule has 2 fully saturated rings. The molecule has 3 unspecified atom stereocenters. The van der Waals surface area contributed by atoms with Crippen molar-refractivity contribution in [3.63, 3.8) is 0 Å². The summed E-state index contributed by atoms with van der Waals surface area (Å²) < 4.78 is 5.54. The molecule has 1 heterocycles. The van der Waals surface area contributed by atoms with Gasteiger partial charge >= 0.3 is 0 Å². The zero-order chi connectivity index (χ0) is 11.6. The standard InChI is InChI=1S/C14H27NO/c1-11-9-14(2,3)7-6-13(11)15-12-5-4-8-16-10-12/h11-13,15H,4-10H2,1-3H3. The van der Waals surface area contributed by atoms with Crippen LogP contribution in [0.1, 0.15) is 52.9 Å². The van der Waals surface area contributed by atoms with E-state index in [-0.39, 0.29) is 0 Å². The topological polar surface area (TPSA) is 21.3 Å². The van der Waals surface area contributed by atoms with Crippen molar-refractivity contribution in [1.82, 2.24) is 5.32 Å². The van der Waals surface area contributed by atoms with E-state index in [2.05, 4.69) is 26.1 Å². The Hall–Kier alpha value is -0.0800. The molecule has 2 heteroatoms. The smallest absolute Gasteiger partial charge is 0.0619 e. The van der Waals surface area contributed by atoms with Gasteiger partial charge in [-0.05, 0) is 43.4 Å². The van der Waals surface area contributed by atoms with E-state index in [1.54, 1.807) is 0 Å². The first kappa shape index (κ1) is 12.4. The lowest BCUT2D eigenvalue weighted by Gasteiger charge is -2.41. The molecular weight excluding hydrogens is 198 g/mol. The van der Waals surface area contributed by atoms with Crippen LogP contribution in [0.2, 0.25) is 0 Å². The molecule has 0 aromatic heterocycles. The van der Waals surface area contributed by atoms with Crippen molar-refractivity contribution in [2.45, 2.75) is 65.0 Å². The van der Waals surface area contributed by atoms with Crippen LogP contribution in [0.4, 0.5) is 0 Å². The molecule has 0 radical (unpaired) electrons. The van der Waals surface area contributed by atoms with E-state index in [1.165, 1.54) is 32.1 Å². The highest BCUT2D eigenvalue weighted by Gasteiger charge is 2.33. The van der Waals surface area contributed by atoms with Crippen LogP contribution in [-0.4, -0.2) is 25.3 Å². The molecule has 16 heavy (non-hydrogen) atoms. The fourth-order valence-corrected chi connectivity index (χ4v) is 3.37. The first-order valence-electron chi connectivity index (χ1n) is 6.91. The minimum absolute atomic E-state index is 0.556. The molecule has 0 bridgehead atoms. The van der Waals surface area contributed by atoms with Gasteiger partial charge in [0.2, 0.25) is 0 Å². The lowest BCUT2D eigenvalue weighted by atomic mass is 9.70. The molecule has 1 aliphatic heterocycles. The summed E-state index contributed by atoms with van der Waals surface area (Å²) in [5.74, 6) is 0.811. The average Bonchev–Trinajstić information content (AvgIpc) is 2.23. The summed E-state index contributed by atoms with van der Waals surface area (Å²) in [7, 11) is 0. The second-order valence-electron chi connectivity index (χ2n) is 6.57. The molecule has 2 nitrogen and oxygen atoms in total. The molecule has 0 aromatic carbocycles. The molecular formula is C14H27NO. The van der Waals surface area contributed by atoms with Gasteiger partial charge in [-0.1, -0.05) is 20.8 Å². The number of hydrogen-bond donors (Lipinski definition) is 1. The molecule has 1 saturated heterocycles. The molecule has 0 amide bonds. The molecule has 94 valence electrons. The van der Waals surface area contributed by atoms with E-state index in [1.807, 2.05) is 0 Å². The average molecular weight is 225 g/mol. The number of rotatable bonds is 2. The second-order valence-corrected chi connectivity index (χ2v) is 6.57. The zero-order valence-electron chi connectivity index (χ0n) is 11.1. The van der Waals surface area contributed by atoms with Crippen LogP contribution >= 0.6 is 0 Å². The first-order chi connectivity index (χ1) is 7.57. The van der Waals surface area contributed by atoms with E-state index < -0.39 is 0 Å². The summed E-state index contributed by atoms with van der Waals surface area (Å²) in [6.45, 7) is 9.10. The van der Waals surface area contributed by atoms with Gasteiger partial charge in [-0.25, -0.2) is 0 Å². The number of nitrogens with one attached hydrogen (secondary N) is 1. The van der Waals surface area contributed by atoms with Crippen LogP contribution in [0.25, 0.3) is 0 Å². The van der Waals surface area contributed by atoms with Gasteiger partial charge < -0.3 is 10.1 Å². The summed E-state index contributed by atoms with van der Waals surface area (Å²) in [5.41, 5.74) is 0.556. The second kappa shape index (κ2) is 5.05. The van der Waals surface area contributed by atoms with E-state index >= 15 is 0 Å². The lowest BCUT2D eigenvalue weighted by molar-refractivity contribution is 0.0535. The van der Waals surface area contributed by atoms with Crippen LogP contribution in [0.15, 0.2) is 0 Å². The van der Waals surface area contributed by atoms with Gasteiger partial charge in [0.1, 0.15) is 0 Å². The Bertz CT molecular complexity index is 221. The fourth-order valence-electron chi connectivity index (χ4n) is 3.37. The zero-order valence-corrected chi connectivity index (χ0v) is 11.1. The van der Waals surface area contributed by atoms with E-state index in [0.717, 1.165) is 25.2 Å². The predicted molar refractivity (Wildman–Crippen MR) is 67.6 cm³/mol. The van der Waals surface area contributed by atoms with E-state index in [0.29, 0.717) is 11.5 Å². The van der Waals surface area contributed by atoms with Crippen molar-refractivity contribution >= 4 is 0 Å². The molecule has 2 rings (SSSR count). The van der Waals surface area contributed by atoms with Crippen molar-refractivity contribution in [3.8, 4) is 0 Å². The summed E-state index contributed by atoms with van der Waals surface area (Å²) in [5, 5.41) is 3.82. The van der Waals surface area contributed by atoms with Crippen LogP contribution in [0.3, 0.4) is 0 Å². The lowest BCUT2D eigenvalue weighted by Crippen LogP contribution is -2.48. The minimum atomic E-state index is 0.556. The summed E-state index contributed by atoms with van der Waals surface area (Å²) in [4.78, 5) is 0. The highest BCUT2D eigenvalue weighted by atomic mass is 16.5. The Balaban J connectivity index is 1.81. The summed E-state index contributed by atoms with van der Waals surface area (Å²) in [6.07, 6.45) is 6.59. The predicted octanol–water partition coefficient (Wildman–Crippen LogP) is 2.97. The van der Waals surface area contributed by atoms with Crippen LogP contribution in [-0.2, 0) is 4.74 Å². The molecule has 1 N–H and O–H groups in total. The third-order valence-corrected chi connectivity index (χ3v) is 4.30. The van der Waals surface area contributed by atoms with Gasteiger partial charge in [0, 0.05) is 18.7 Å². The van der Waals surface area contributed by atoms with Crippen LogP contribution < -0.4 is 5.32 Å². The maximum absolute atomic E-state index is 5.54. The molecule has 1 aliphatic carbocycles. The van der Waals surface area contributed by atoms with Crippen LogP contribution in [0.5, 0.6) is 0 Å². The van der Waals surface area contributed by atoms with Crippen molar-refractivity contribution in [2.75, 3.05) is 13.2 Å². The highest BCUT2D eigenvalue weighted by molar-refractivity contribution is 4.88. The normalized spacial score (nSPS) is 39.6. The Morgan fingerprint density at radius 3 is 2.69 bits per heavy atom. The summed E-state index contributed by atoms with van der Waals surface area (Å²) >= 11 is 0. The monoisotopic (exact) mass is 225 g/mol. The number of hydrogen-bond acceptors (Lipinski definition) is 2. The van der Waals surface area contributed by atoms with Crippen molar-refractivity contribution < 1.29 is 4.74 Å². The third-order valence-electron chi connectivity index (χ3n) is 4.30. The maximum atomic E-state index is 5.54. The minimum Gasteiger partial charge on any atom is -0.380 e. The third kappa shape index (κ3) is 3.21. The van der Waals surface area contributed by atoms with Gasteiger partial charge in [0.15, 0.2) is 0 Å². The van der Waals surface area contributed by atoms with Crippen molar-refractivity contribution in [3.05, 3.63) is 0 Å². The highest BCUT2D eigenvalue weighted by Crippen LogP contribution is 2.38. The van der Waals surface area contributed by atoms with Gasteiger partial charge in [0.25, 0.3) is 0 Å². The molecule has 0 aromatic rings. The van der Waals surface area contributed by atoms with E-state index in [4.69, 9.17) is 4.74 Å². The van der Waals surface area contributed by atoms with Crippen LogP contribution in [0, 0.1) is 11.3 Å². The Morgan fingerprint density at radius 2 is 2.06 bits per heavy atom. The Labute approximate surface area is 100 Å². The first-order valence-corrected chi connectivity index (χ1v) is 6.91. The van der Waals surface area contributed by atoms with E-state index in [9.17, 15) is 0 Å². The SMILES string of the molecule is CC1CC(C)(C)CCC1NC1CCCOC1. The number of ether oxygens (including phenoxy) is 1. The Kier molecular flexibility index (Phi) is 3.91.